The van der Waals surface area contributed by atoms with Gasteiger partial charge in [-0.25, -0.2) is 37.1 Å². The van der Waals surface area contributed by atoms with Gasteiger partial charge in [0, 0.05) is 78.5 Å². The number of hydrogen-bond acceptors (Lipinski definition) is 13. The number of nitrogens with one attached hydrogen (secondary N) is 4. The van der Waals surface area contributed by atoms with Gasteiger partial charge in [-0.15, -0.1) is 0 Å². The number of hydrazine groups is 1. The number of aromatic nitrogens is 2. The molecule has 82 heavy (non-hydrogen) atoms. The lowest BCUT2D eigenvalue weighted by molar-refractivity contribution is -0.221. The summed E-state index contributed by atoms with van der Waals surface area (Å²) in [5.74, 6) is 0.891. The summed E-state index contributed by atoms with van der Waals surface area (Å²) in [4.78, 5) is 66.3. The van der Waals surface area contributed by atoms with Crippen molar-refractivity contribution in [2.75, 3.05) is 52.0 Å². The zero-order valence-corrected chi connectivity index (χ0v) is 45.2. The molecule has 5 N–H and O–H groups in total. The largest absolute Gasteiger partial charge is 0.453 e. The van der Waals surface area contributed by atoms with Crippen LogP contribution in [0.2, 0.25) is 0 Å². The minimum absolute atomic E-state index is 0.165. The predicted octanol–water partition coefficient (Wildman–Crippen LogP) is 7.36. The minimum Gasteiger partial charge on any atom is -0.453 e. The maximum atomic E-state index is 16.1. The number of carbonyl (C=O) groups excluding carboxylic acids is 4. The molecule has 3 aliphatic heterocycles. The van der Waals surface area contributed by atoms with Crippen molar-refractivity contribution in [1.29, 1.82) is 0 Å². The van der Waals surface area contributed by atoms with E-state index in [9.17, 15) is 59.4 Å². The number of piperazine rings is 1. The van der Waals surface area contributed by atoms with Crippen LogP contribution in [0, 0.1) is 34.3 Å². The Morgan fingerprint density at radius 2 is 1.29 bits per heavy atom. The number of pyridine rings is 2. The molecule has 2 aromatic carbocycles. The molecule has 0 spiro atoms. The number of anilines is 1. The Bertz CT molecular complexity index is 2940. The van der Waals surface area contributed by atoms with Gasteiger partial charge in [0.05, 0.1) is 62.1 Å². The number of fused-ring (bicyclic) bond motifs is 2. The van der Waals surface area contributed by atoms with E-state index in [2.05, 4.69) is 46.4 Å². The predicted molar refractivity (Wildman–Crippen MR) is 275 cm³/mol. The highest BCUT2D eigenvalue weighted by molar-refractivity contribution is 5.87. The Morgan fingerprint density at radius 1 is 0.744 bits per heavy atom. The fraction of sp³-hybridized carbons (Fsp3) is 0.491. The summed E-state index contributed by atoms with van der Waals surface area (Å²) in [6.07, 6.45) is -14.3. The number of alkyl halides is 8. The number of amides is 4. The summed E-state index contributed by atoms with van der Waals surface area (Å²) in [6, 6.07) is 7.79. The number of rotatable bonds is 19. The van der Waals surface area contributed by atoms with E-state index < -0.39 is 120 Å². The fourth-order valence-electron chi connectivity index (χ4n) is 9.78. The number of benzene rings is 2. The topological polar surface area (TPSA) is 200 Å². The smallest absolute Gasteiger partial charge is 0.407 e. The Morgan fingerprint density at radius 3 is 1.77 bits per heavy atom. The molecule has 2 unspecified atom stereocenters. The van der Waals surface area contributed by atoms with Crippen LogP contribution >= 0.6 is 0 Å². The molecule has 2 aromatic heterocycles. The van der Waals surface area contributed by atoms with E-state index in [0.717, 1.165) is 89.6 Å². The highest BCUT2D eigenvalue weighted by Crippen LogP contribution is 2.42. The van der Waals surface area contributed by atoms with Crippen LogP contribution in [0.1, 0.15) is 74.8 Å². The lowest BCUT2D eigenvalue weighted by Crippen LogP contribution is -2.63. The van der Waals surface area contributed by atoms with Crippen molar-refractivity contribution in [2.45, 2.75) is 115 Å². The van der Waals surface area contributed by atoms with Gasteiger partial charge in [-0.1, -0.05) is 24.0 Å². The fourth-order valence-corrected chi connectivity index (χ4v) is 9.78. The molecular weight excluding hydrogens is 1100 g/mol. The molecule has 3 fully saturated rings. The summed E-state index contributed by atoms with van der Waals surface area (Å²) in [5.41, 5.74) is -4.62. The molecule has 0 radical (unpaired) electrons. The van der Waals surface area contributed by atoms with Crippen molar-refractivity contribution in [3.63, 3.8) is 0 Å². The van der Waals surface area contributed by atoms with E-state index in [1.165, 1.54) is 12.1 Å². The maximum absolute atomic E-state index is 16.1. The van der Waals surface area contributed by atoms with E-state index >= 15 is 8.78 Å². The average molecular weight is 1170 g/mol. The Balaban J connectivity index is 1.18. The third-order valence-electron chi connectivity index (χ3n) is 15.0. The van der Waals surface area contributed by atoms with E-state index in [4.69, 9.17) is 4.74 Å². The standard InChI is InChI=1S/C55H61F10N9O8/c1-52(2,54(60,61)62)45(69-50(78)80-5)48(76)68-42(19-31-10-7-30(8-11-31)9-12-32-13-18-44(67-22-32)72-24-35-15-16-36(25-72)74(35)37-28-82-29-37)43(75)27-73(71-49(77)46(70-51(79)81-6)53(3,4)55(63,64)65)26-38-39(56)20-34(21-40(38)57)41-17-14-33(23-66-41)47(58)59/h7-8,10-11,13-14,17-18,20-23,35-37,42-43,45-47,75H,15-16,19,24-29H2,1-6H3,(H,68,76)(H,69,78)(H,70,79)(H,71,77)/t35?,36?,42-,43-,45+,46+/m0/s1. The van der Waals surface area contributed by atoms with E-state index in [1.807, 2.05) is 22.9 Å². The molecule has 3 saturated heterocycles. The van der Waals surface area contributed by atoms with Crippen LogP contribution < -0.4 is 26.3 Å². The van der Waals surface area contributed by atoms with Crippen molar-refractivity contribution >= 4 is 29.8 Å². The molecule has 27 heteroatoms. The summed E-state index contributed by atoms with van der Waals surface area (Å²) >= 11 is 0. The Hall–Kier alpha value is -7.28. The van der Waals surface area contributed by atoms with E-state index in [-0.39, 0.29) is 16.8 Å². The number of ether oxygens (including phenoxy) is 3. The lowest BCUT2D eigenvalue weighted by atomic mass is 9.82. The van der Waals surface area contributed by atoms with Crippen LogP contribution in [0.25, 0.3) is 11.3 Å². The number of halogens is 10. The number of aliphatic hydroxyl groups is 1. The first kappa shape index (κ1) is 62.3. The maximum Gasteiger partial charge on any atom is 0.407 e. The minimum atomic E-state index is -5.23. The first-order valence-corrected chi connectivity index (χ1v) is 25.8. The van der Waals surface area contributed by atoms with Crippen molar-refractivity contribution in [3.8, 4) is 23.1 Å². The van der Waals surface area contributed by atoms with Gasteiger partial charge in [0.2, 0.25) is 5.91 Å². The van der Waals surface area contributed by atoms with Crippen molar-refractivity contribution in [3.05, 3.63) is 113 Å². The van der Waals surface area contributed by atoms with Gasteiger partial charge in [0.25, 0.3) is 12.3 Å². The van der Waals surface area contributed by atoms with Gasteiger partial charge >= 0.3 is 24.5 Å². The third-order valence-corrected chi connectivity index (χ3v) is 15.0. The number of methoxy groups -OCH3 is 2. The third kappa shape index (κ3) is 14.5. The van der Waals surface area contributed by atoms with Crippen LogP contribution in [0.15, 0.2) is 73.1 Å². The van der Waals surface area contributed by atoms with Gasteiger partial charge < -0.3 is 40.2 Å². The second-order valence-corrected chi connectivity index (χ2v) is 21.3. The highest BCUT2D eigenvalue weighted by Gasteiger charge is 2.57. The van der Waals surface area contributed by atoms with Crippen LogP contribution in [-0.2, 0) is 36.8 Å². The summed E-state index contributed by atoms with van der Waals surface area (Å²) in [5, 5.41) is 18.6. The quantitative estimate of drug-likeness (QED) is 0.0355. The first-order chi connectivity index (χ1) is 38.5. The van der Waals surface area contributed by atoms with Crippen LogP contribution in [-0.4, -0.2) is 151 Å². The molecule has 4 aromatic rings. The van der Waals surface area contributed by atoms with Crippen LogP contribution in [0.4, 0.5) is 59.3 Å². The Kier molecular flexibility index (Phi) is 19.4. The van der Waals surface area contributed by atoms with Gasteiger partial charge in [-0.05, 0) is 101 Å². The zero-order chi connectivity index (χ0) is 60.1. The Labute approximate surface area is 465 Å². The second-order valence-electron chi connectivity index (χ2n) is 21.3. The monoisotopic (exact) mass is 1170 g/mol. The number of carbonyl (C=O) groups is 4. The number of nitrogens with zero attached hydrogens (tertiary/aromatic N) is 5. The van der Waals surface area contributed by atoms with E-state index in [1.54, 1.807) is 23.6 Å². The normalized spacial score (nSPS) is 18.4. The average Bonchev–Trinajstić information content (AvgIpc) is 3.09. The first-order valence-electron chi connectivity index (χ1n) is 25.8. The van der Waals surface area contributed by atoms with Crippen molar-refractivity contribution < 1.29 is 82.4 Å². The van der Waals surface area contributed by atoms with Crippen molar-refractivity contribution in [2.24, 2.45) is 10.8 Å². The molecule has 0 aliphatic carbocycles. The molecule has 17 nitrogen and oxygen atoms in total. The molecule has 4 amide bonds. The summed E-state index contributed by atoms with van der Waals surface area (Å²) < 4.78 is 161. The highest BCUT2D eigenvalue weighted by atomic mass is 19.4. The van der Waals surface area contributed by atoms with Crippen LogP contribution in [0.5, 0.6) is 0 Å². The molecule has 2 bridgehead atoms. The molecule has 0 saturated carbocycles. The van der Waals surface area contributed by atoms with Gasteiger partial charge in [-0.2, -0.15) is 26.3 Å². The van der Waals surface area contributed by atoms with Gasteiger partial charge in [0.1, 0.15) is 29.5 Å². The SMILES string of the molecule is COC(=O)N[C@H](C(=O)N[C@@H](Cc1ccc(C#Cc2ccc(N3CC4CCC(C3)N4C3COC3)nc2)cc1)[C@@H](O)CN(Cc1c(F)cc(-c2ccc(C(F)F)cn2)cc1F)NC(=O)[C@@H](NC(=O)OC)C(C)(C)C(F)(F)F)C(C)(C)C(F)(F)F. The molecule has 3 aliphatic rings. The number of hydrogen-bond donors (Lipinski definition) is 5. The van der Waals surface area contributed by atoms with Crippen LogP contribution in [0.3, 0.4) is 0 Å². The van der Waals surface area contributed by atoms with Gasteiger partial charge in [0.15, 0.2) is 0 Å². The molecule has 6 atom stereocenters. The molecule has 7 rings (SSSR count). The number of alkyl carbamates (subject to hydrolysis) is 2. The zero-order valence-electron chi connectivity index (χ0n) is 45.2. The van der Waals surface area contributed by atoms with E-state index in [0.29, 0.717) is 62.0 Å². The lowest BCUT2D eigenvalue weighted by Gasteiger charge is -2.47. The molecule has 444 valence electrons. The number of aliphatic hydroxyl groups excluding tert-OH is 1. The summed E-state index contributed by atoms with van der Waals surface area (Å²) in [6.45, 7) is 3.22. The summed E-state index contributed by atoms with van der Waals surface area (Å²) in [7, 11) is 1.61. The second kappa shape index (κ2) is 25.5. The molecule has 5 heterocycles. The molecular formula is C55H61F10N9O8. The van der Waals surface area contributed by atoms with Crippen molar-refractivity contribution in [1.82, 2.24) is 41.3 Å². The van der Waals surface area contributed by atoms with Gasteiger partial charge in [-0.3, -0.25) is 24.9 Å².